The Kier molecular flexibility index (Phi) is 3.44. The molecule has 78 valence electrons. The van der Waals surface area contributed by atoms with E-state index >= 15 is 0 Å². The molecule has 2 nitrogen and oxygen atoms in total. The molecular weight excluding hydrogens is 260 g/mol. The number of nitrogens with zero attached hydrogens (tertiary/aromatic N) is 2. The van der Waals surface area contributed by atoms with Crippen molar-refractivity contribution in [1.82, 2.24) is 4.98 Å². The van der Waals surface area contributed by atoms with Crippen molar-refractivity contribution in [3.8, 4) is 0 Å². The van der Waals surface area contributed by atoms with Gasteiger partial charge in [-0.05, 0) is 35.7 Å². The molecule has 0 unspecified atom stereocenters. The molecular formula is C10H15BrN2S. The Morgan fingerprint density at radius 3 is 2.36 bits per heavy atom. The largest absolute Gasteiger partial charge is 0.348 e. The summed E-state index contributed by atoms with van der Waals surface area (Å²) in [5.74, 6) is 0. The van der Waals surface area contributed by atoms with Crippen molar-refractivity contribution in [2.24, 2.45) is 0 Å². The molecule has 0 atom stereocenters. The van der Waals surface area contributed by atoms with Crippen LogP contribution < -0.4 is 4.90 Å². The second kappa shape index (κ2) is 4.62. The van der Waals surface area contributed by atoms with E-state index in [4.69, 9.17) is 0 Å². The number of thiazole rings is 1. The van der Waals surface area contributed by atoms with Crippen molar-refractivity contribution in [3.63, 3.8) is 0 Å². The van der Waals surface area contributed by atoms with E-state index in [1.165, 1.54) is 47.7 Å². The smallest absolute Gasteiger partial charge is 0.186 e. The quantitative estimate of drug-likeness (QED) is 0.778. The zero-order chi connectivity index (χ0) is 9.97. The first kappa shape index (κ1) is 10.4. The Morgan fingerprint density at radius 2 is 1.86 bits per heavy atom. The van der Waals surface area contributed by atoms with Crippen LogP contribution in [0.1, 0.15) is 31.4 Å². The van der Waals surface area contributed by atoms with E-state index in [9.17, 15) is 0 Å². The molecule has 2 heterocycles. The first-order valence-corrected chi connectivity index (χ1v) is 6.76. The van der Waals surface area contributed by atoms with E-state index < -0.39 is 0 Å². The van der Waals surface area contributed by atoms with Gasteiger partial charge in [0.25, 0.3) is 0 Å². The molecule has 0 saturated carbocycles. The average Bonchev–Trinajstić information content (AvgIpc) is 2.46. The molecule has 1 aliphatic rings. The third-order valence-electron chi connectivity index (χ3n) is 2.61. The van der Waals surface area contributed by atoms with Crippen LogP contribution in [0.25, 0.3) is 0 Å². The van der Waals surface area contributed by atoms with Crippen LogP contribution in [0.15, 0.2) is 3.79 Å². The highest BCUT2D eigenvalue weighted by Crippen LogP contribution is 2.31. The number of hydrogen-bond donors (Lipinski definition) is 0. The molecule has 1 aromatic rings. The Bertz CT molecular complexity index is 284. The van der Waals surface area contributed by atoms with Gasteiger partial charge in [0.1, 0.15) is 0 Å². The molecule has 1 fully saturated rings. The zero-order valence-electron chi connectivity index (χ0n) is 8.42. The number of anilines is 1. The van der Waals surface area contributed by atoms with Gasteiger partial charge in [-0.2, -0.15) is 0 Å². The number of halogens is 1. The second-order valence-electron chi connectivity index (χ2n) is 3.76. The third kappa shape index (κ3) is 2.28. The number of hydrogen-bond acceptors (Lipinski definition) is 3. The molecule has 4 heteroatoms. The molecule has 2 rings (SSSR count). The van der Waals surface area contributed by atoms with Gasteiger partial charge in [0.05, 0.1) is 9.48 Å². The molecule has 0 bridgehead atoms. The molecule has 0 amide bonds. The lowest BCUT2D eigenvalue weighted by Gasteiger charge is -2.18. The number of aryl methyl sites for hydroxylation is 1. The van der Waals surface area contributed by atoms with Crippen molar-refractivity contribution in [3.05, 3.63) is 9.48 Å². The van der Waals surface area contributed by atoms with Gasteiger partial charge in [-0.1, -0.05) is 24.2 Å². The van der Waals surface area contributed by atoms with Crippen LogP contribution in [-0.2, 0) is 0 Å². The van der Waals surface area contributed by atoms with Gasteiger partial charge in [0.15, 0.2) is 5.13 Å². The molecule has 1 saturated heterocycles. The van der Waals surface area contributed by atoms with E-state index in [0.717, 1.165) is 5.69 Å². The molecule has 14 heavy (non-hydrogen) atoms. The lowest BCUT2D eigenvalue weighted by Crippen LogP contribution is -2.23. The normalized spacial score (nSPS) is 18.3. The van der Waals surface area contributed by atoms with Gasteiger partial charge in [-0.25, -0.2) is 4.98 Å². The van der Waals surface area contributed by atoms with Gasteiger partial charge in [0, 0.05) is 13.1 Å². The first-order chi connectivity index (χ1) is 6.77. The summed E-state index contributed by atoms with van der Waals surface area (Å²) in [6.45, 7) is 4.42. The second-order valence-corrected chi connectivity index (χ2v) is 6.05. The minimum atomic E-state index is 1.12. The van der Waals surface area contributed by atoms with E-state index in [0.29, 0.717) is 0 Å². The Morgan fingerprint density at radius 1 is 1.21 bits per heavy atom. The molecule has 0 aliphatic carbocycles. The summed E-state index contributed by atoms with van der Waals surface area (Å²) >= 11 is 5.29. The first-order valence-electron chi connectivity index (χ1n) is 5.15. The van der Waals surface area contributed by atoms with Crippen LogP contribution >= 0.6 is 27.3 Å². The van der Waals surface area contributed by atoms with Gasteiger partial charge in [-0.15, -0.1) is 0 Å². The number of aromatic nitrogens is 1. The van der Waals surface area contributed by atoms with Gasteiger partial charge in [-0.3, -0.25) is 0 Å². The van der Waals surface area contributed by atoms with Gasteiger partial charge in [0.2, 0.25) is 0 Å². The standard InChI is InChI=1S/C10H15BrN2S/c1-8-9(11)14-10(12-8)13-6-4-2-3-5-7-13/h2-7H2,1H3. The summed E-state index contributed by atoms with van der Waals surface area (Å²) in [4.78, 5) is 7.00. The van der Waals surface area contributed by atoms with Gasteiger partial charge < -0.3 is 4.90 Å². The highest BCUT2D eigenvalue weighted by molar-refractivity contribution is 9.11. The van der Waals surface area contributed by atoms with Crippen molar-refractivity contribution in [1.29, 1.82) is 0 Å². The van der Waals surface area contributed by atoms with Crippen molar-refractivity contribution in [2.45, 2.75) is 32.6 Å². The van der Waals surface area contributed by atoms with Crippen LogP contribution in [-0.4, -0.2) is 18.1 Å². The highest BCUT2D eigenvalue weighted by atomic mass is 79.9. The molecule has 1 aliphatic heterocycles. The predicted octanol–water partition coefficient (Wildman–Crippen LogP) is 3.59. The molecule has 1 aromatic heterocycles. The fourth-order valence-electron chi connectivity index (χ4n) is 1.76. The minimum Gasteiger partial charge on any atom is -0.348 e. The Balaban J connectivity index is 2.12. The van der Waals surface area contributed by atoms with E-state index in [-0.39, 0.29) is 0 Å². The number of rotatable bonds is 1. The van der Waals surface area contributed by atoms with Crippen LogP contribution in [0.3, 0.4) is 0 Å². The van der Waals surface area contributed by atoms with E-state index in [1.54, 1.807) is 11.3 Å². The summed E-state index contributed by atoms with van der Waals surface area (Å²) in [6.07, 6.45) is 5.39. The predicted molar refractivity (Wildman–Crippen MR) is 65.2 cm³/mol. The van der Waals surface area contributed by atoms with E-state index in [1.807, 2.05) is 0 Å². The van der Waals surface area contributed by atoms with Gasteiger partial charge >= 0.3 is 0 Å². The summed E-state index contributed by atoms with van der Waals surface area (Å²) in [5, 5.41) is 1.19. The van der Waals surface area contributed by atoms with Crippen LogP contribution in [0.2, 0.25) is 0 Å². The summed E-state index contributed by atoms with van der Waals surface area (Å²) in [6, 6.07) is 0. The fraction of sp³-hybridized carbons (Fsp3) is 0.700. The molecule has 0 aromatic carbocycles. The molecule has 0 N–H and O–H groups in total. The monoisotopic (exact) mass is 274 g/mol. The van der Waals surface area contributed by atoms with Crippen LogP contribution in [0.5, 0.6) is 0 Å². The maximum Gasteiger partial charge on any atom is 0.186 e. The molecule has 0 radical (unpaired) electrons. The lowest BCUT2D eigenvalue weighted by molar-refractivity contribution is 0.726. The summed E-state index contributed by atoms with van der Waals surface area (Å²) in [5.41, 5.74) is 1.12. The maximum atomic E-state index is 4.57. The lowest BCUT2D eigenvalue weighted by atomic mass is 10.2. The average molecular weight is 275 g/mol. The minimum absolute atomic E-state index is 1.12. The maximum absolute atomic E-state index is 4.57. The fourth-order valence-corrected chi connectivity index (χ4v) is 3.13. The van der Waals surface area contributed by atoms with Crippen molar-refractivity contribution in [2.75, 3.05) is 18.0 Å². The summed E-state index contributed by atoms with van der Waals surface area (Å²) in [7, 11) is 0. The van der Waals surface area contributed by atoms with Crippen LogP contribution in [0.4, 0.5) is 5.13 Å². The molecule has 0 spiro atoms. The Hall–Kier alpha value is -0.0900. The summed E-state index contributed by atoms with van der Waals surface area (Å²) < 4.78 is 1.18. The third-order valence-corrected chi connectivity index (χ3v) is 4.67. The van der Waals surface area contributed by atoms with Crippen molar-refractivity contribution >= 4 is 32.4 Å². The Labute approximate surface area is 97.5 Å². The topological polar surface area (TPSA) is 16.1 Å². The zero-order valence-corrected chi connectivity index (χ0v) is 10.8. The van der Waals surface area contributed by atoms with E-state index in [2.05, 4.69) is 32.7 Å². The highest BCUT2D eigenvalue weighted by Gasteiger charge is 2.14. The SMILES string of the molecule is Cc1nc(N2CCCCCC2)sc1Br. The van der Waals surface area contributed by atoms with Crippen molar-refractivity contribution < 1.29 is 0 Å². The van der Waals surface area contributed by atoms with Crippen LogP contribution in [0, 0.1) is 6.92 Å².